The van der Waals surface area contributed by atoms with Crippen LogP contribution in [0.2, 0.25) is 0 Å². The molecule has 9 aromatic rings. The van der Waals surface area contributed by atoms with Gasteiger partial charge >= 0.3 is 0 Å². The number of rotatable bonds is 4. The van der Waals surface area contributed by atoms with Gasteiger partial charge < -0.3 is 4.90 Å². The van der Waals surface area contributed by atoms with Crippen LogP contribution in [0.15, 0.2) is 212 Å². The molecule has 1 spiro atoms. The van der Waals surface area contributed by atoms with Crippen molar-refractivity contribution in [2.24, 2.45) is 0 Å². The van der Waals surface area contributed by atoms with E-state index in [4.69, 9.17) is 0 Å². The van der Waals surface area contributed by atoms with Gasteiger partial charge in [-0.15, -0.1) is 0 Å². The summed E-state index contributed by atoms with van der Waals surface area (Å²) < 4.78 is 0. The molecule has 0 fully saturated rings. The van der Waals surface area contributed by atoms with Crippen LogP contribution in [-0.4, -0.2) is 0 Å². The molecule has 278 valence electrons. The molecule has 3 aliphatic carbocycles. The summed E-state index contributed by atoms with van der Waals surface area (Å²) >= 11 is 0. The summed E-state index contributed by atoms with van der Waals surface area (Å²) in [5.74, 6) is 0. The van der Waals surface area contributed by atoms with Crippen molar-refractivity contribution in [2.75, 3.05) is 4.90 Å². The Kier molecular flexibility index (Phi) is 7.26. The fourth-order valence-electron chi connectivity index (χ4n) is 11.0. The molecule has 3 aliphatic rings. The number of nitrogens with zero attached hydrogens (tertiary/aromatic N) is 1. The first-order chi connectivity index (χ1) is 29.1. The molecule has 1 nitrogen and oxygen atoms in total. The highest BCUT2D eigenvalue weighted by Gasteiger charge is 2.51. The Labute approximate surface area is 346 Å². The lowest BCUT2D eigenvalue weighted by Crippen LogP contribution is -2.29. The van der Waals surface area contributed by atoms with Gasteiger partial charge in [-0.05, 0) is 102 Å². The SMILES string of the molecule is CC1(C)c2ccccc2-c2c(N(c3ccc(-c4ccccc4)cc3)c3cccc4c3-c3ccccc3C43c4ccccc4-c4ccccc4-c4ccccc43)cccc21. The molecule has 0 aromatic heterocycles. The van der Waals surface area contributed by atoms with E-state index in [2.05, 4.69) is 231 Å². The van der Waals surface area contributed by atoms with Gasteiger partial charge in [-0.3, -0.25) is 0 Å². The van der Waals surface area contributed by atoms with Crippen LogP contribution in [0.5, 0.6) is 0 Å². The highest BCUT2D eigenvalue weighted by atomic mass is 15.1. The second-order valence-electron chi connectivity index (χ2n) is 16.8. The molecule has 0 heterocycles. The number of hydrogen-bond donors (Lipinski definition) is 0. The third kappa shape index (κ3) is 4.62. The van der Waals surface area contributed by atoms with Crippen LogP contribution < -0.4 is 4.90 Å². The van der Waals surface area contributed by atoms with Gasteiger partial charge in [0, 0.05) is 22.2 Å². The predicted molar refractivity (Wildman–Crippen MR) is 246 cm³/mol. The maximum Gasteiger partial charge on any atom is 0.0726 e. The van der Waals surface area contributed by atoms with Crippen molar-refractivity contribution in [3.63, 3.8) is 0 Å². The summed E-state index contributed by atoms with van der Waals surface area (Å²) in [6.45, 7) is 4.75. The third-order valence-electron chi connectivity index (χ3n) is 13.5. The molecular formula is C58H41N. The average Bonchev–Trinajstić information content (AvgIpc) is 3.69. The normalized spacial score (nSPS) is 14.2. The van der Waals surface area contributed by atoms with Crippen molar-refractivity contribution in [3.05, 3.63) is 246 Å². The van der Waals surface area contributed by atoms with Gasteiger partial charge in [-0.2, -0.15) is 0 Å². The van der Waals surface area contributed by atoms with E-state index in [0.29, 0.717) is 0 Å². The summed E-state index contributed by atoms with van der Waals surface area (Å²) in [4.78, 5) is 2.56. The van der Waals surface area contributed by atoms with Crippen molar-refractivity contribution in [1.82, 2.24) is 0 Å². The van der Waals surface area contributed by atoms with E-state index < -0.39 is 5.41 Å². The van der Waals surface area contributed by atoms with Gasteiger partial charge in [0.2, 0.25) is 0 Å². The van der Waals surface area contributed by atoms with Gasteiger partial charge in [0.25, 0.3) is 0 Å². The minimum atomic E-state index is -0.565. The quantitative estimate of drug-likeness (QED) is 0.173. The molecule has 0 bridgehead atoms. The Morgan fingerprint density at radius 3 is 1.25 bits per heavy atom. The number of hydrogen-bond acceptors (Lipinski definition) is 1. The number of fused-ring (bicyclic) bond motifs is 15. The van der Waals surface area contributed by atoms with E-state index in [9.17, 15) is 0 Å². The van der Waals surface area contributed by atoms with Crippen molar-refractivity contribution in [2.45, 2.75) is 24.7 Å². The average molecular weight is 752 g/mol. The molecule has 0 atom stereocenters. The van der Waals surface area contributed by atoms with E-state index in [1.165, 1.54) is 100 Å². The Morgan fingerprint density at radius 1 is 0.288 bits per heavy atom. The lowest BCUT2D eigenvalue weighted by Gasteiger charge is -2.36. The highest BCUT2D eigenvalue weighted by molar-refractivity contribution is 6.04. The van der Waals surface area contributed by atoms with E-state index in [-0.39, 0.29) is 5.41 Å². The minimum Gasteiger partial charge on any atom is -0.309 e. The monoisotopic (exact) mass is 751 g/mol. The minimum absolute atomic E-state index is 0.136. The Balaban J connectivity index is 1.19. The third-order valence-corrected chi connectivity index (χ3v) is 13.5. The zero-order chi connectivity index (χ0) is 39.3. The smallest absolute Gasteiger partial charge is 0.0726 e. The fraction of sp³-hybridized carbons (Fsp3) is 0.0690. The van der Waals surface area contributed by atoms with Crippen molar-refractivity contribution in [3.8, 4) is 55.6 Å². The maximum absolute atomic E-state index is 2.56. The van der Waals surface area contributed by atoms with Crippen LogP contribution in [0, 0.1) is 0 Å². The van der Waals surface area contributed by atoms with Crippen molar-refractivity contribution < 1.29 is 0 Å². The first-order valence-corrected chi connectivity index (χ1v) is 20.8. The lowest BCUT2D eigenvalue weighted by molar-refractivity contribution is 0.660. The summed E-state index contributed by atoms with van der Waals surface area (Å²) in [5, 5.41) is 0. The van der Waals surface area contributed by atoms with Gasteiger partial charge in [-0.1, -0.05) is 202 Å². The van der Waals surface area contributed by atoms with Crippen LogP contribution in [0.3, 0.4) is 0 Å². The zero-order valence-corrected chi connectivity index (χ0v) is 33.2. The number of anilines is 3. The van der Waals surface area contributed by atoms with Crippen molar-refractivity contribution in [1.29, 1.82) is 0 Å². The molecule has 0 amide bonds. The van der Waals surface area contributed by atoms with Gasteiger partial charge in [0.15, 0.2) is 0 Å². The Bertz CT molecular complexity index is 3070. The largest absolute Gasteiger partial charge is 0.309 e. The second-order valence-corrected chi connectivity index (χ2v) is 16.8. The van der Waals surface area contributed by atoms with Crippen LogP contribution in [0.1, 0.15) is 47.2 Å². The van der Waals surface area contributed by atoms with E-state index >= 15 is 0 Å². The molecule has 0 radical (unpaired) electrons. The molecule has 9 aromatic carbocycles. The van der Waals surface area contributed by atoms with Gasteiger partial charge in [0.1, 0.15) is 0 Å². The maximum atomic E-state index is 2.56. The fourth-order valence-corrected chi connectivity index (χ4v) is 11.0. The first-order valence-electron chi connectivity index (χ1n) is 20.8. The van der Waals surface area contributed by atoms with Gasteiger partial charge in [0.05, 0.1) is 16.8 Å². The molecule has 0 unspecified atom stereocenters. The Hall–Kier alpha value is -7.22. The van der Waals surface area contributed by atoms with Gasteiger partial charge in [-0.25, -0.2) is 0 Å². The molecule has 0 N–H and O–H groups in total. The van der Waals surface area contributed by atoms with Crippen LogP contribution in [0.25, 0.3) is 55.6 Å². The van der Waals surface area contributed by atoms with Crippen LogP contribution in [-0.2, 0) is 10.8 Å². The van der Waals surface area contributed by atoms with E-state index in [1.807, 2.05) is 0 Å². The zero-order valence-electron chi connectivity index (χ0n) is 33.2. The molecule has 12 rings (SSSR count). The molecular weight excluding hydrogens is 711 g/mol. The summed E-state index contributed by atoms with van der Waals surface area (Å²) in [5.41, 5.74) is 23.4. The molecule has 0 saturated heterocycles. The summed E-state index contributed by atoms with van der Waals surface area (Å²) in [7, 11) is 0. The van der Waals surface area contributed by atoms with E-state index in [0.717, 1.165) is 5.69 Å². The van der Waals surface area contributed by atoms with Crippen LogP contribution >= 0.6 is 0 Å². The topological polar surface area (TPSA) is 3.24 Å². The Morgan fingerprint density at radius 2 is 0.678 bits per heavy atom. The standard InChI is InChI=1S/C58H41N/c1-57(2)47-26-12-10-24-45(47)55-51(57)30-16-32-53(55)59(40-36-34-39(35-37-40)38-18-4-3-5-19-38)54-33-17-31-52-56(54)46-25-11-15-29-50(46)58(52)48-27-13-8-22-43(48)41-20-6-7-21-42(41)44-23-9-14-28-49(44)58/h3-37H,1-2H3. The highest BCUT2D eigenvalue weighted by Crippen LogP contribution is 2.64. The molecule has 1 heteroatoms. The summed E-state index contributed by atoms with van der Waals surface area (Å²) in [6.07, 6.45) is 0. The first kappa shape index (κ1) is 33.9. The van der Waals surface area contributed by atoms with Crippen LogP contribution in [0.4, 0.5) is 17.1 Å². The van der Waals surface area contributed by atoms with E-state index in [1.54, 1.807) is 0 Å². The van der Waals surface area contributed by atoms with Crippen molar-refractivity contribution >= 4 is 17.1 Å². The molecule has 0 aliphatic heterocycles. The molecule has 59 heavy (non-hydrogen) atoms. The molecule has 0 saturated carbocycles. The number of benzene rings is 9. The summed E-state index contributed by atoms with van der Waals surface area (Å²) in [6, 6.07) is 79.4. The lowest BCUT2D eigenvalue weighted by atomic mass is 9.66. The predicted octanol–water partition coefficient (Wildman–Crippen LogP) is 15.1. The second kappa shape index (κ2) is 12.6.